The zero-order chi connectivity index (χ0) is 11.4. The maximum Gasteiger partial charge on any atom is 0.273 e. The highest BCUT2D eigenvalue weighted by Gasteiger charge is 2.17. The van der Waals surface area contributed by atoms with Crippen molar-refractivity contribution in [1.82, 2.24) is 15.1 Å². The summed E-state index contributed by atoms with van der Waals surface area (Å²) in [5, 5.41) is 7.28. The summed E-state index contributed by atoms with van der Waals surface area (Å²) in [6.07, 6.45) is 2.02. The van der Waals surface area contributed by atoms with Crippen molar-refractivity contribution < 1.29 is 4.79 Å². The number of carbonyl (C=O) groups excluding carboxylic acids is 1. The fourth-order valence-corrected chi connectivity index (χ4v) is 1.44. The van der Waals surface area contributed by atoms with Gasteiger partial charge in [0.1, 0.15) is 0 Å². The van der Waals surface area contributed by atoms with Crippen LogP contribution < -0.4 is 5.32 Å². The number of nitrogens with zero attached hydrogens (tertiary/aromatic N) is 2. The van der Waals surface area contributed by atoms with Crippen LogP contribution in [0, 0.1) is 6.92 Å². The van der Waals surface area contributed by atoms with Gasteiger partial charge in [-0.3, -0.25) is 9.48 Å². The predicted octanol–water partition coefficient (Wildman–Crippen LogP) is 1.91. The van der Waals surface area contributed by atoms with E-state index in [0.29, 0.717) is 17.3 Å². The van der Waals surface area contributed by atoms with Crippen LogP contribution in [0.5, 0.6) is 0 Å². The molecule has 0 saturated heterocycles. The summed E-state index contributed by atoms with van der Waals surface area (Å²) in [4.78, 5) is 11.6. The van der Waals surface area contributed by atoms with Gasteiger partial charge in [-0.05, 0) is 13.3 Å². The molecular formula is C10H16ClN3O. The summed E-state index contributed by atoms with van der Waals surface area (Å²) in [6, 6.07) is 0. The van der Waals surface area contributed by atoms with Crippen LogP contribution in [0.4, 0.5) is 0 Å². The van der Waals surface area contributed by atoms with Gasteiger partial charge in [-0.15, -0.1) is 0 Å². The summed E-state index contributed by atoms with van der Waals surface area (Å²) >= 11 is 5.98. The van der Waals surface area contributed by atoms with Gasteiger partial charge in [0.05, 0.1) is 10.7 Å². The molecular weight excluding hydrogens is 214 g/mol. The molecule has 1 heterocycles. The third-order valence-electron chi connectivity index (χ3n) is 2.29. The molecule has 0 aliphatic carbocycles. The van der Waals surface area contributed by atoms with Crippen LogP contribution in [-0.2, 0) is 7.05 Å². The van der Waals surface area contributed by atoms with Gasteiger partial charge in [-0.25, -0.2) is 0 Å². The van der Waals surface area contributed by atoms with Crippen molar-refractivity contribution in [3.05, 3.63) is 16.4 Å². The largest absolute Gasteiger partial charge is 0.351 e. The minimum Gasteiger partial charge on any atom is -0.351 e. The summed E-state index contributed by atoms with van der Waals surface area (Å²) in [5.41, 5.74) is 1.12. The van der Waals surface area contributed by atoms with Crippen molar-refractivity contribution in [1.29, 1.82) is 0 Å². The van der Waals surface area contributed by atoms with Gasteiger partial charge in [-0.1, -0.05) is 24.9 Å². The Kier molecular flexibility index (Phi) is 4.15. The third kappa shape index (κ3) is 2.72. The summed E-state index contributed by atoms with van der Waals surface area (Å²) in [7, 11) is 1.77. The van der Waals surface area contributed by atoms with Crippen molar-refractivity contribution in [2.24, 2.45) is 7.05 Å². The molecule has 5 heteroatoms. The number of hydrogen-bond acceptors (Lipinski definition) is 2. The van der Waals surface area contributed by atoms with E-state index in [4.69, 9.17) is 11.6 Å². The number of nitrogens with one attached hydrogen (secondary N) is 1. The smallest absolute Gasteiger partial charge is 0.273 e. The number of rotatable bonds is 4. The van der Waals surface area contributed by atoms with E-state index < -0.39 is 0 Å². The van der Waals surface area contributed by atoms with Crippen LogP contribution >= 0.6 is 11.6 Å². The van der Waals surface area contributed by atoms with Gasteiger partial charge in [0.2, 0.25) is 0 Å². The molecule has 15 heavy (non-hydrogen) atoms. The number of aromatic nitrogens is 2. The van der Waals surface area contributed by atoms with Crippen molar-refractivity contribution in [2.45, 2.75) is 26.7 Å². The first-order chi connectivity index (χ1) is 7.07. The van der Waals surface area contributed by atoms with Crippen molar-refractivity contribution in [3.63, 3.8) is 0 Å². The molecule has 0 radical (unpaired) electrons. The van der Waals surface area contributed by atoms with E-state index in [9.17, 15) is 4.79 Å². The van der Waals surface area contributed by atoms with E-state index in [2.05, 4.69) is 17.3 Å². The van der Waals surface area contributed by atoms with Crippen LogP contribution in [0.3, 0.4) is 0 Å². The minimum atomic E-state index is -0.197. The number of aryl methyl sites for hydroxylation is 1. The number of halogens is 1. The lowest BCUT2D eigenvalue weighted by Crippen LogP contribution is -2.25. The monoisotopic (exact) mass is 229 g/mol. The van der Waals surface area contributed by atoms with E-state index >= 15 is 0 Å². The Hall–Kier alpha value is -1.03. The van der Waals surface area contributed by atoms with E-state index in [1.54, 1.807) is 11.7 Å². The molecule has 0 aliphatic rings. The molecule has 0 aromatic carbocycles. The molecule has 0 fully saturated rings. The molecule has 1 aromatic heterocycles. The summed E-state index contributed by atoms with van der Waals surface area (Å²) in [6.45, 7) is 4.57. The molecule has 0 atom stereocenters. The Morgan fingerprint density at radius 2 is 2.27 bits per heavy atom. The van der Waals surface area contributed by atoms with E-state index in [-0.39, 0.29) is 5.91 Å². The number of carbonyl (C=O) groups is 1. The Bertz CT molecular complexity index is 360. The van der Waals surface area contributed by atoms with Gasteiger partial charge in [-0.2, -0.15) is 5.10 Å². The average Bonchev–Trinajstić information content (AvgIpc) is 2.46. The standard InChI is InChI=1S/C10H16ClN3O/c1-4-5-6-12-10(15)9-8(11)7(2)14(3)13-9/h4-6H2,1-3H3,(H,12,15). The van der Waals surface area contributed by atoms with Crippen LogP contribution in [0.25, 0.3) is 0 Å². The second-order valence-corrected chi connectivity index (χ2v) is 3.86. The normalized spacial score (nSPS) is 10.4. The second-order valence-electron chi connectivity index (χ2n) is 3.48. The second kappa shape index (κ2) is 5.16. The highest BCUT2D eigenvalue weighted by molar-refractivity contribution is 6.34. The van der Waals surface area contributed by atoms with Crippen LogP contribution in [0.15, 0.2) is 0 Å². The van der Waals surface area contributed by atoms with E-state index in [1.165, 1.54) is 0 Å². The molecule has 0 bridgehead atoms. The molecule has 0 spiro atoms. The molecule has 1 N–H and O–H groups in total. The van der Waals surface area contributed by atoms with Crippen LogP contribution in [0.1, 0.15) is 35.9 Å². The quantitative estimate of drug-likeness (QED) is 0.802. The third-order valence-corrected chi connectivity index (χ3v) is 2.74. The Balaban J connectivity index is 2.70. The lowest BCUT2D eigenvalue weighted by atomic mass is 10.3. The highest BCUT2D eigenvalue weighted by atomic mass is 35.5. The van der Waals surface area contributed by atoms with E-state index in [0.717, 1.165) is 18.5 Å². The first kappa shape index (κ1) is 12.0. The van der Waals surface area contributed by atoms with Crippen molar-refractivity contribution in [2.75, 3.05) is 6.54 Å². The van der Waals surface area contributed by atoms with Gasteiger partial charge in [0, 0.05) is 13.6 Å². The zero-order valence-corrected chi connectivity index (χ0v) is 10.1. The molecule has 0 aliphatic heterocycles. The molecule has 1 aromatic rings. The van der Waals surface area contributed by atoms with Gasteiger partial charge >= 0.3 is 0 Å². The SMILES string of the molecule is CCCCNC(=O)c1nn(C)c(C)c1Cl. The molecule has 1 rings (SSSR count). The van der Waals surface area contributed by atoms with Crippen LogP contribution in [0.2, 0.25) is 5.02 Å². The highest BCUT2D eigenvalue weighted by Crippen LogP contribution is 2.18. The Morgan fingerprint density at radius 1 is 1.60 bits per heavy atom. The minimum absolute atomic E-state index is 0.197. The predicted molar refractivity (Wildman–Crippen MR) is 60.2 cm³/mol. The molecule has 1 amide bonds. The molecule has 84 valence electrons. The maximum atomic E-state index is 11.6. The Labute approximate surface area is 94.6 Å². The first-order valence-corrected chi connectivity index (χ1v) is 5.43. The van der Waals surface area contributed by atoms with E-state index in [1.807, 2.05) is 6.92 Å². The van der Waals surface area contributed by atoms with Gasteiger partial charge in [0.15, 0.2) is 5.69 Å². The van der Waals surface area contributed by atoms with Crippen molar-refractivity contribution in [3.8, 4) is 0 Å². The van der Waals surface area contributed by atoms with Gasteiger partial charge < -0.3 is 5.32 Å². The average molecular weight is 230 g/mol. The van der Waals surface area contributed by atoms with Crippen LogP contribution in [-0.4, -0.2) is 22.2 Å². The number of amides is 1. The summed E-state index contributed by atoms with van der Waals surface area (Å²) in [5.74, 6) is -0.197. The fraction of sp³-hybridized carbons (Fsp3) is 0.600. The maximum absolute atomic E-state index is 11.6. The molecule has 0 saturated carbocycles. The van der Waals surface area contributed by atoms with Crippen molar-refractivity contribution >= 4 is 17.5 Å². The number of unbranched alkanes of at least 4 members (excludes halogenated alkanes) is 1. The summed E-state index contributed by atoms with van der Waals surface area (Å²) < 4.78 is 1.61. The van der Waals surface area contributed by atoms with Gasteiger partial charge in [0.25, 0.3) is 5.91 Å². The molecule has 0 unspecified atom stereocenters. The lowest BCUT2D eigenvalue weighted by Gasteiger charge is -2.01. The zero-order valence-electron chi connectivity index (χ0n) is 9.30. The molecule has 4 nitrogen and oxygen atoms in total. The lowest BCUT2D eigenvalue weighted by molar-refractivity contribution is 0.0947. The number of hydrogen-bond donors (Lipinski definition) is 1. The Morgan fingerprint density at radius 3 is 2.73 bits per heavy atom. The fourth-order valence-electron chi connectivity index (χ4n) is 1.19. The first-order valence-electron chi connectivity index (χ1n) is 5.05. The topological polar surface area (TPSA) is 46.9 Å².